The molecule has 3 aromatic rings. The highest BCUT2D eigenvalue weighted by Gasteiger charge is 2.51. The molecule has 2 atom stereocenters. The number of benzene rings is 1. The van der Waals surface area contributed by atoms with Crippen molar-refractivity contribution in [2.75, 3.05) is 0 Å². The quantitative estimate of drug-likeness (QED) is 0.419. The number of hydrogen-bond acceptors (Lipinski definition) is 7. The van der Waals surface area contributed by atoms with Crippen LogP contribution >= 0.6 is 0 Å². The molecule has 1 fully saturated rings. The molecule has 1 aliphatic heterocycles. The van der Waals surface area contributed by atoms with Crippen LogP contribution in [0.25, 0.3) is 5.78 Å². The van der Waals surface area contributed by atoms with E-state index in [0.29, 0.717) is 17.2 Å². The number of carbonyl (C=O) groups is 1. The second kappa shape index (κ2) is 10.7. The summed E-state index contributed by atoms with van der Waals surface area (Å²) in [5.74, 6) is 0.0730. The summed E-state index contributed by atoms with van der Waals surface area (Å²) >= 11 is 0. The van der Waals surface area contributed by atoms with E-state index in [-0.39, 0.29) is 42.7 Å². The zero-order chi connectivity index (χ0) is 28.7. The minimum absolute atomic E-state index is 0.0494. The molecule has 1 N–H and O–H groups in total. The fourth-order valence-corrected chi connectivity index (χ4v) is 6.05. The molecule has 40 heavy (non-hydrogen) atoms. The fourth-order valence-electron chi connectivity index (χ4n) is 6.05. The first kappa shape index (κ1) is 27.8. The summed E-state index contributed by atoms with van der Waals surface area (Å²) in [7, 11) is 0. The zero-order valence-corrected chi connectivity index (χ0v) is 22.3. The molecule has 0 saturated heterocycles. The van der Waals surface area contributed by atoms with Crippen LogP contribution < -0.4 is 0 Å². The van der Waals surface area contributed by atoms with Crippen LogP contribution in [0.4, 0.5) is 13.2 Å². The molecular weight excluding hydrogens is 523 g/mol. The van der Waals surface area contributed by atoms with Gasteiger partial charge in [0.25, 0.3) is 5.78 Å². The van der Waals surface area contributed by atoms with Crippen LogP contribution in [0.5, 0.6) is 0 Å². The van der Waals surface area contributed by atoms with E-state index in [1.54, 1.807) is 16.7 Å². The number of aliphatic hydroxyl groups excluding tert-OH is 1. The largest absolute Gasteiger partial charge is 0.452 e. The van der Waals surface area contributed by atoms with Crippen LogP contribution in [0.15, 0.2) is 35.9 Å². The molecule has 2 aliphatic rings. The standard InChI is InChI=1S/C29H30F3N5O3/c1-17-13-18(2)37-27(34-17)35-25(36-37)16-21-15-24(38)28(40-26(21)39,22-5-3-4-6-22)11-9-19-7-8-20(10-12-33)23(14-19)29(30,31)32/h7-8,13-15,22,24,38H,3-6,9-11,16H2,1-2H3. The van der Waals surface area contributed by atoms with Gasteiger partial charge in [0.15, 0.2) is 5.82 Å². The Hall–Kier alpha value is -3.78. The number of ether oxygens (including phenoxy) is 1. The lowest BCUT2D eigenvalue weighted by molar-refractivity contribution is -0.181. The number of nitriles is 1. The van der Waals surface area contributed by atoms with Gasteiger partial charge in [0.2, 0.25) is 0 Å². The van der Waals surface area contributed by atoms with Gasteiger partial charge in [-0.25, -0.2) is 14.3 Å². The van der Waals surface area contributed by atoms with E-state index >= 15 is 0 Å². The Morgan fingerprint density at radius 3 is 2.65 bits per heavy atom. The lowest BCUT2D eigenvalue weighted by Gasteiger charge is -2.44. The number of alkyl halides is 3. The summed E-state index contributed by atoms with van der Waals surface area (Å²) in [6.45, 7) is 3.73. The Bertz CT molecular complexity index is 1520. The van der Waals surface area contributed by atoms with Gasteiger partial charge >= 0.3 is 12.1 Å². The monoisotopic (exact) mass is 553 g/mol. The van der Waals surface area contributed by atoms with Gasteiger partial charge in [0, 0.05) is 29.3 Å². The van der Waals surface area contributed by atoms with Crippen molar-refractivity contribution in [1.82, 2.24) is 19.6 Å². The molecule has 0 spiro atoms. The maximum absolute atomic E-state index is 13.7. The minimum atomic E-state index is -4.60. The summed E-state index contributed by atoms with van der Waals surface area (Å²) in [5, 5.41) is 24.8. The van der Waals surface area contributed by atoms with Crippen molar-refractivity contribution in [3.05, 3.63) is 69.8 Å². The molecule has 11 heteroatoms. The lowest BCUT2D eigenvalue weighted by Crippen LogP contribution is -2.54. The third-order valence-electron chi connectivity index (χ3n) is 8.02. The predicted molar refractivity (Wildman–Crippen MR) is 138 cm³/mol. The van der Waals surface area contributed by atoms with Gasteiger partial charge in [0.1, 0.15) is 11.7 Å². The summed E-state index contributed by atoms with van der Waals surface area (Å²) in [6.07, 6.45) is -0.858. The highest BCUT2D eigenvalue weighted by Crippen LogP contribution is 2.45. The molecule has 0 radical (unpaired) electrons. The fraction of sp³-hybridized carbons (Fsp3) is 0.483. The van der Waals surface area contributed by atoms with E-state index in [1.807, 2.05) is 19.9 Å². The van der Waals surface area contributed by atoms with Gasteiger partial charge in [-0.1, -0.05) is 25.0 Å². The van der Waals surface area contributed by atoms with Crippen molar-refractivity contribution >= 4 is 11.7 Å². The minimum Gasteiger partial charge on any atom is -0.452 e. The Kier molecular flexibility index (Phi) is 7.40. The molecule has 1 aliphatic carbocycles. The zero-order valence-electron chi connectivity index (χ0n) is 22.3. The number of cyclic esters (lactones) is 1. The number of fused-ring (bicyclic) bond motifs is 1. The Morgan fingerprint density at radius 2 is 1.95 bits per heavy atom. The number of aryl methyl sites for hydroxylation is 3. The summed E-state index contributed by atoms with van der Waals surface area (Å²) in [4.78, 5) is 22.1. The van der Waals surface area contributed by atoms with Crippen LogP contribution in [0.1, 0.15) is 66.0 Å². The third kappa shape index (κ3) is 5.32. The number of aliphatic hydroxyl groups is 1. The summed E-state index contributed by atoms with van der Waals surface area (Å²) < 4.78 is 48.7. The Balaban J connectivity index is 1.41. The summed E-state index contributed by atoms with van der Waals surface area (Å²) in [6, 6.07) is 7.59. The molecule has 210 valence electrons. The van der Waals surface area contributed by atoms with Crippen LogP contribution in [0.3, 0.4) is 0 Å². The first-order valence-electron chi connectivity index (χ1n) is 13.4. The van der Waals surface area contributed by atoms with Crippen molar-refractivity contribution in [2.24, 2.45) is 5.92 Å². The number of nitrogens with zero attached hydrogens (tertiary/aromatic N) is 5. The van der Waals surface area contributed by atoms with E-state index in [9.17, 15) is 23.1 Å². The third-order valence-corrected chi connectivity index (χ3v) is 8.02. The predicted octanol–water partition coefficient (Wildman–Crippen LogP) is 4.77. The number of aromatic nitrogens is 4. The maximum atomic E-state index is 13.7. The normalized spacial score (nSPS) is 21.9. The van der Waals surface area contributed by atoms with E-state index in [2.05, 4.69) is 15.1 Å². The molecule has 2 aromatic heterocycles. The topological polar surface area (TPSA) is 113 Å². The maximum Gasteiger partial charge on any atom is 0.416 e. The molecule has 1 aromatic carbocycles. The Morgan fingerprint density at radius 1 is 1.20 bits per heavy atom. The average molecular weight is 554 g/mol. The molecule has 5 rings (SSSR count). The van der Waals surface area contributed by atoms with E-state index in [0.717, 1.165) is 43.1 Å². The van der Waals surface area contributed by atoms with Crippen molar-refractivity contribution in [3.63, 3.8) is 0 Å². The highest BCUT2D eigenvalue weighted by molar-refractivity contribution is 5.90. The number of rotatable bonds is 7. The molecule has 2 unspecified atom stereocenters. The van der Waals surface area contributed by atoms with Crippen molar-refractivity contribution < 1.29 is 27.8 Å². The number of carbonyl (C=O) groups excluding carboxylic acids is 1. The van der Waals surface area contributed by atoms with Crippen molar-refractivity contribution in [3.8, 4) is 6.07 Å². The lowest BCUT2D eigenvalue weighted by atomic mass is 9.75. The molecule has 8 nitrogen and oxygen atoms in total. The van der Waals surface area contributed by atoms with Crippen LogP contribution in [0.2, 0.25) is 0 Å². The molecular formula is C29H30F3N5O3. The first-order valence-corrected chi connectivity index (χ1v) is 13.4. The van der Waals surface area contributed by atoms with Crippen LogP contribution in [-0.4, -0.2) is 42.4 Å². The smallest absolute Gasteiger partial charge is 0.416 e. The SMILES string of the molecule is Cc1cc(C)n2nc(CC3=CC(O)C(CCc4ccc(CC#N)c(C(F)(F)F)c4)(C4CCCC4)OC3=O)nc2n1. The highest BCUT2D eigenvalue weighted by atomic mass is 19.4. The number of halogens is 3. The second-order valence-electron chi connectivity index (χ2n) is 10.7. The molecule has 0 amide bonds. The van der Waals surface area contributed by atoms with Gasteiger partial charge in [-0.05, 0) is 68.9 Å². The summed E-state index contributed by atoms with van der Waals surface area (Å²) in [5.41, 5.74) is 0.0904. The van der Waals surface area contributed by atoms with Crippen LogP contribution in [-0.2, 0) is 35.0 Å². The van der Waals surface area contributed by atoms with Gasteiger partial charge in [-0.3, -0.25) is 0 Å². The first-order chi connectivity index (χ1) is 19.0. The molecule has 3 heterocycles. The van der Waals surface area contributed by atoms with Gasteiger partial charge in [-0.15, -0.1) is 5.10 Å². The molecule has 1 saturated carbocycles. The second-order valence-corrected chi connectivity index (χ2v) is 10.7. The van der Waals surface area contributed by atoms with Gasteiger partial charge in [-0.2, -0.15) is 23.4 Å². The van der Waals surface area contributed by atoms with Gasteiger partial charge < -0.3 is 9.84 Å². The average Bonchev–Trinajstić information content (AvgIpc) is 3.56. The van der Waals surface area contributed by atoms with Crippen molar-refractivity contribution in [1.29, 1.82) is 5.26 Å². The molecule has 0 bridgehead atoms. The van der Waals surface area contributed by atoms with E-state index in [4.69, 9.17) is 10.00 Å². The number of esters is 1. The van der Waals surface area contributed by atoms with Crippen LogP contribution in [0, 0.1) is 31.1 Å². The van der Waals surface area contributed by atoms with Gasteiger partial charge in [0.05, 0.1) is 18.1 Å². The van der Waals surface area contributed by atoms with E-state index in [1.165, 1.54) is 12.1 Å². The van der Waals surface area contributed by atoms with E-state index < -0.39 is 29.4 Å². The van der Waals surface area contributed by atoms with Crippen molar-refractivity contribution in [2.45, 2.75) is 83.1 Å². The Labute approximate surface area is 229 Å². The number of hydrogen-bond donors (Lipinski definition) is 1.